The Morgan fingerprint density at radius 1 is 1.23 bits per heavy atom. The Labute approximate surface area is 188 Å². The van der Waals surface area contributed by atoms with Gasteiger partial charge in [-0.2, -0.15) is 20.1 Å². The molecule has 0 unspecified atom stereocenters. The van der Waals surface area contributed by atoms with E-state index in [4.69, 9.17) is 23.2 Å². The summed E-state index contributed by atoms with van der Waals surface area (Å²) in [6.07, 6.45) is 2.23. The molecule has 0 saturated carbocycles. The van der Waals surface area contributed by atoms with E-state index >= 15 is 0 Å². The summed E-state index contributed by atoms with van der Waals surface area (Å²) in [5.74, 6) is -0.663. The first-order valence-electron chi connectivity index (χ1n) is 9.27. The Hall–Kier alpha value is -3.47. The van der Waals surface area contributed by atoms with Gasteiger partial charge in [-0.25, -0.2) is 5.43 Å². The molecule has 156 valence electrons. The third kappa shape index (κ3) is 4.82. The zero-order chi connectivity index (χ0) is 22.5. The van der Waals surface area contributed by atoms with Crippen LogP contribution in [-0.4, -0.2) is 21.9 Å². The summed E-state index contributed by atoms with van der Waals surface area (Å²) in [6, 6.07) is 13.9. The monoisotopic (exact) mass is 453 g/mol. The van der Waals surface area contributed by atoms with Crippen LogP contribution in [0.3, 0.4) is 0 Å². The summed E-state index contributed by atoms with van der Waals surface area (Å²) in [5, 5.41) is 18.3. The van der Waals surface area contributed by atoms with E-state index in [9.17, 15) is 14.9 Å². The van der Waals surface area contributed by atoms with Crippen LogP contribution >= 0.6 is 23.2 Å². The molecule has 0 aliphatic rings. The number of hydrogen-bond acceptors (Lipinski definition) is 5. The standard InChI is InChI=1S/C22H17Cl2N5O2/c1-3-14-4-7-16(8-5-14)29-22(31)17(11-25)13(2)20(28-29)21(30)27-26-12-15-6-9-18(23)19(24)10-15/h4-10,12H,3H2,1-2H3,(H,27,30)/b26-12+. The highest BCUT2D eigenvalue weighted by Gasteiger charge is 2.20. The number of nitrogens with one attached hydrogen (secondary N) is 1. The molecular weight excluding hydrogens is 437 g/mol. The predicted molar refractivity (Wildman–Crippen MR) is 120 cm³/mol. The molecule has 0 spiro atoms. The summed E-state index contributed by atoms with van der Waals surface area (Å²) >= 11 is 11.8. The maximum Gasteiger partial charge on any atom is 0.292 e. The van der Waals surface area contributed by atoms with Gasteiger partial charge in [0.2, 0.25) is 0 Å². The van der Waals surface area contributed by atoms with Gasteiger partial charge < -0.3 is 0 Å². The van der Waals surface area contributed by atoms with Crippen molar-refractivity contribution < 1.29 is 4.79 Å². The van der Waals surface area contributed by atoms with Crippen molar-refractivity contribution in [3.63, 3.8) is 0 Å². The normalized spacial score (nSPS) is 10.8. The van der Waals surface area contributed by atoms with E-state index in [1.54, 1.807) is 30.3 Å². The molecule has 7 nitrogen and oxygen atoms in total. The molecule has 0 radical (unpaired) electrons. The smallest absolute Gasteiger partial charge is 0.266 e. The lowest BCUT2D eigenvalue weighted by atomic mass is 10.1. The van der Waals surface area contributed by atoms with E-state index in [0.29, 0.717) is 21.3 Å². The number of carbonyl (C=O) groups is 1. The molecule has 0 aliphatic carbocycles. The summed E-state index contributed by atoms with van der Waals surface area (Å²) in [4.78, 5) is 25.4. The van der Waals surface area contributed by atoms with Crippen molar-refractivity contribution in [3.05, 3.63) is 90.8 Å². The fourth-order valence-corrected chi connectivity index (χ4v) is 3.12. The molecular formula is C22H17Cl2N5O2. The number of aryl methyl sites for hydroxylation is 1. The molecule has 0 atom stereocenters. The summed E-state index contributed by atoms with van der Waals surface area (Å²) in [7, 11) is 0. The molecule has 3 rings (SSSR count). The maximum absolute atomic E-state index is 12.7. The first-order chi connectivity index (χ1) is 14.8. The molecule has 1 heterocycles. The molecule has 0 fully saturated rings. The second-order valence-electron chi connectivity index (χ2n) is 6.57. The van der Waals surface area contributed by atoms with Crippen LogP contribution in [0.1, 0.15) is 39.7 Å². The van der Waals surface area contributed by atoms with Gasteiger partial charge in [0.25, 0.3) is 11.5 Å². The number of nitrogens with zero attached hydrogens (tertiary/aromatic N) is 4. The van der Waals surface area contributed by atoms with Crippen LogP contribution in [-0.2, 0) is 6.42 Å². The predicted octanol–water partition coefficient (Wildman–Crippen LogP) is 4.05. The molecule has 1 aromatic heterocycles. The van der Waals surface area contributed by atoms with E-state index in [0.717, 1.165) is 16.7 Å². The second kappa shape index (κ2) is 9.56. The van der Waals surface area contributed by atoms with Crippen LogP contribution < -0.4 is 11.0 Å². The van der Waals surface area contributed by atoms with Crippen molar-refractivity contribution in [3.8, 4) is 11.8 Å². The fraction of sp³-hybridized carbons (Fsp3) is 0.136. The Balaban J connectivity index is 1.94. The zero-order valence-corrected chi connectivity index (χ0v) is 18.2. The summed E-state index contributed by atoms with van der Waals surface area (Å²) in [6.45, 7) is 3.51. The van der Waals surface area contributed by atoms with Gasteiger partial charge in [0, 0.05) is 5.56 Å². The largest absolute Gasteiger partial charge is 0.292 e. The topological polar surface area (TPSA) is 100 Å². The molecule has 9 heteroatoms. The van der Waals surface area contributed by atoms with Crippen LogP contribution in [0.15, 0.2) is 52.4 Å². The highest BCUT2D eigenvalue weighted by Crippen LogP contribution is 2.21. The van der Waals surface area contributed by atoms with Crippen LogP contribution in [0.4, 0.5) is 0 Å². The van der Waals surface area contributed by atoms with Crippen molar-refractivity contribution >= 4 is 35.3 Å². The summed E-state index contributed by atoms with van der Waals surface area (Å²) < 4.78 is 1.04. The quantitative estimate of drug-likeness (QED) is 0.465. The molecule has 0 saturated heterocycles. The molecule has 0 bridgehead atoms. The average molecular weight is 454 g/mol. The Morgan fingerprint density at radius 3 is 2.55 bits per heavy atom. The van der Waals surface area contributed by atoms with Gasteiger partial charge >= 0.3 is 0 Å². The number of benzene rings is 2. The number of carbonyl (C=O) groups excluding carboxylic acids is 1. The third-order valence-corrected chi connectivity index (χ3v) is 5.31. The number of amides is 1. The van der Waals surface area contributed by atoms with Crippen molar-refractivity contribution in [1.82, 2.24) is 15.2 Å². The first kappa shape index (κ1) is 22.2. The Kier molecular flexibility index (Phi) is 6.85. The van der Waals surface area contributed by atoms with Gasteiger partial charge in [-0.15, -0.1) is 0 Å². The van der Waals surface area contributed by atoms with E-state index < -0.39 is 11.5 Å². The maximum atomic E-state index is 12.7. The SMILES string of the molecule is CCc1ccc(-n2nc(C(=O)N/N=C/c3ccc(Cl)c(Cl)c3)c(C)c(C#N)c2=O)cc1. The number of hydrazone groups is 1. The molecule has 1 N–H and O–H groups in total. The molecule has 31 heavy (non-hydrogen) atoms. The minimum atomic E-state index is -0.663. The van der Waals surface area contributed by atoms with Crippen molar-refractivity contribution in [2.45, 2.75) is 20.3 Å². The number of hydrogen-bond donors (Lipinski definition) is 1. The second-order valence-corrected chi connectivity index (χ2v) is 7.38. The zero-order valence-electron chi connectivity index (χ0n) is 16.7. The highest BCUT2D eigenvalue weighted by atomic mass is 35.5. The number of halogens is 2. The minimum Gasteiger partial charge on any atom is -0.266 e. The lowest BCUT2D eigenvalue weighted by molar-refractivity contribution is 0.0947. The van der Waals surface area contributed by atoms with Crippen LogP contribution in [0.2, 0.25) is 10.0 Å². The van der Waals surface area contributed by atoms with E-state index in [2.05, 4.69) is 15.6 Å². The number of aromatic nitrogens is 2. The number of rotatable bonds is 5. The van der Waals surface area contributed by atoms with E-state index in [1.807, 2.05) is 25.1 Å². The molecule has 1 amide bonds. The fourth-order valence-electron chi connectivity index (χ4n) is 2.81. The molecule has 2 aromatic carbocycles. The van der Waals surface area contributed by atoms with Gasteiger partial charge in [0.1, 0.15) is 11.6 Å². The number of nitriles is 1. The van der Waals surface area contributed by atoms with Gasteiger partial charge in [-0.1, -0.05) is 48.3 Å². The lowest BCUT2D eigenvalue weighted by Gasteiger charge is -2.11. The third-order valence-electron chi connectivity index (χ3n) is 4.58. The van der Waals surface area contributed by atoms with Gasteiger partial charge in [-0.05, 0) is 48.7 Å². The molecule has 0 aliphatic heterocycles. The lowest BCUT2D eigenvalue weighted by Crippen LogP contribution is -2.31. The van der Waals surface area contributed by atoms with E-state index in [-0.39, 0.29) is 16.8 Å². The van der Waals surface area contributed by atoms with Gasteiger partial charge in [0.15, 0.2) is 5.69 Å². The Bertz CT molecular complexity index is 1270. The van der Waals surface area contributed by atoms with Crippen molar-refractivity contribution in [1.29, 1.82) is 5.26 Å². The highest BCUT2D eigenvalue weighted by molar-refractivity contribution is 6.42. The average Bonchev–Trinajstić information content (AvgIpc) is 2.77. The van der Waals surface area contributed by atoms with Crippen LogP contribution in [0.25, 0.3) is 5.69 Å². The first-order valence-corrected chi connectivity index (χ1v) is 10.0. The molecule has 3 aromatic rings. The van der Waals surface area contributed by atoms with Gasteiger partial charge in [-0.3, -0.25) is 9.59 Å². The summed E-state index contributed by atoms with van der Waals surface area (Å²) in [5.41, 5.74) is 3.85. The minimum absolute atomic E-state index is 0.0815. The van der Waals surface area contributed by atoms with Gasteiger partial charge in [0.05, 0.1) is 21.9 Å². The van der Waals surface area contributed by atoms with Crippen LogP contribution in [0, 0.1) is 18.3 Å². The van der Waals surface area contributed by atoms with Crippen LogP contribution in [0.5, 0.6) is 0 Å². The van der Waals surface area contributed by atoms with E-state index in [1.165, 1.54) is 13.1 Å². The van der Waals surface area contributed by atoms with Crippen molar-refractivity contribution in [2.24, 2.45) is 5.10 Å². The van der Waals surface area contributed by atoms with Crippen molar-refractivity contribution in [2.75, 3.05) is 0 Å². The Morgan fingerprint density at radius 2 is 1.94 bits per heavy atom.